The normalized spacial score (nSPS) is 19.8. The van der Waals surface area contributed by atoms with E-state index in [9.17, 15) is 0 Å². The van der Waals surface area contributed by atoms with E-state index in [-0.39, 0.29) is 5.60 Å². The molecule has 1 fully saturated rings. The molecule has 0 radical (unpaired) electrons. The number of rotatable bonds is 2. The molecule has 0 aromatic carbocycles. The van der Waals surface area contributed by atoms with Gasteiger partial charge in [0.05, 0.1) is 12.2 Å². The fraction of sp³-hybridized carbons (Fsp3) is 0.538. The third-order valence-electron chi connectivity index (χ3n) is 2.90. The molecule has 0 saturated carbocycles. The first kappa shape index (κ1) is 12.0. The Morgan fingerprint density at radius 2 is 2.41 bits per heavy atom. The molecule has 90 valence electrons. The van der Waals surface area contributed by atoms with Gasteiger partial charge in [-0.05, 0) is 19.9 Å². The zero-order valence-corrected chi connectivity index (χ0v) is 10.3. The highest BCUT2D eigenvalue weighted by atomic mass is 16.5. The number of nitrogens with zero attached hydrogens (tertiary/aromatic N) is 3. The maximum Gasteiger partial charge on any atom is 0.144 e. The Kier molecular flexibility index (Phi) is 3.41. The van der Waals surface area contributed by atoms with Gasteiger partial charge in [-0.25, -0.2) is 4.98 Å². The highest BCUT2D eigenvalue weighted by Crippen LogP contribution is 2.18. The molecule has 1 aromatic rings. The van der Waals surface area contributed by atoms with Gasteiger partial charge in [-0.15, -0.1) is 0 Å². The van der Waals surface area contributed by atoms with E-state index in [0.717, 1.165) is 31.8 Å². The van der Waals surface area contributed by atoms with Crippen molar-refractivity contribution >= 4 is 0 Å². The van der Waals surface area contributed by atoms with E-state index in [0.29, 0.717) is 5.69 Å². The van der Waals surface area contributed by atoms with E-state index in [1.54, 1.807) is 6.20 Å². The molecule has 2 heterocycles. The van der Waals surface area contributed by atoms with Gasteiger partial charge in [0.15, 0.2) is 0 Å². The van der Waals surface area contributed by atoms with Gasteiger partial charge >= 0.3 is 0 Å². The monoisotopic (exact) mass is 231 g/mol. The summed E-state index contributed by atoms with van der Waals surface area (Å²) in [5.41, 5.74) is 1.41. The average Bonchev–Trinajstić information content (AvgIpc) is 2.28. The van der Waals surface area contributed by atoms with E-state index in [2.05, 4.69) is 29.8 Å². The Labute approximate surface area is 102 Å². The molecule has 0 bridgehead atoms. The van der Waals surface area contributed by atoms with Crippen molar-refractivity contribution in [3.63, 3.8) is 0 Å². The van der Waals surface area contributed by atoms with Crippen LogP contribution in [0.3, 0.4) is 0 Å². The highest BCUT2D eigenvalue weighted by Gasteiger charge is 2.27. The van der Waals surface area contributed by atoms with E-state index in [1.165, 1.54) is 0 Å². The molecule has 1 aromatic heterocycles. The molecular formula is C13H17N3O. The van der Waals surface area contributed by atoms with Crippen LogP contribution < -0.4 is 0 Å². The maximum atomic E-state index is 8.99. The maximum absolute atomic E-state index is 8.99. The van der Waals surface area contributed by atoms with Gasteiger partial charge in [-0.1, -0.05) is 6.07 Å². The molecule has 0 amide bonds. The lowest BCUT2D eigenvalue weighted by Crippen LogP contribution is -2.47. The molecule has 4 nitrogen and oxygen atoms in total. The molecular weight excluding hydrogens is 214 g/mol. The van der Waals surface area contributed by atoms with Crippen molar-refractivity contribution in [2.75, 3.05) is 19.7 Å². The van der Waals surface area contributed by atoms with Crippen molar-refractivity contribution in [3.05, 3.63) is 29.6 Å². The largest absolute Gasteiger partial charge is 0.373 e. The zero-order valence-electron chi connectivity index (χ0n) is 10.3. The van der Waals surface area contributed by atoms with Crippen LogP contribution in [0, 0.1) is 11.3 Å². The number of nitriles is 1. The van der Waals surface area contributed by atoms with Crippen LogP contribution in [-0.2, 0) is 11.3 Å². The van der Waals surface area contributed by atoms with Crippen LogP contribution in [-0.4, -0.2) is 35.2 Å². The van der Waals surface area contributed by atoms with Crippen LogP contribution in [0.15, 0.2) is 18.3 Å². The number of pyridine rings is 1. The lowest BCUT2D eigenvalue weighted by Gasteiger charge is -2.38. The zero-order chi connectivity index (χ0) is 12.3. The second kappa shape index (κ2) is 4.82. The van der Waals surface area contributed by atoms with E-state index in [4.69, 9.17) is 10.00 Å². The SMILES string of the molecule is CC1(C)CN(Cc2cccnc2C#N)CCO1. The molecule has 1 aliphatic heterocycles. The van der Waals surface area contributed by atoms with Gasteiger partial charge in [-0.3, -0.25) is 4.90 Å². The minimum absolute atomic E-state index is 0.104. The lowest BCUT2D eigenvalue weighted by molar-refractivity contribution is -0.0883. The first-order valence-corrected chi connectivity index (χ1v) is 5.81. The number of ether oxygens (including phenoxy) is 1. The molecule has 1 aliphatic rings. The lowest BCUT2D eigenvalue weighted by atomic mass is 10.1. The van der Waals surface area contributed by atoms with Gasteiger partial charge in [0.1, 0.15) is 11.8 Å². The second-order valence-electron chi connectivity index (χ2n) is 4.94. The van der Waals surface area contributed by atoms with Crippen molar-refractivity contribution in [1.82, 2.24) is 9.88 Å². The molecule has 0 N–H and O–H groups in total. The Bertz CT molecular complexity index is 437. The smallest absolute Gasteiger partial charge is 0.144 e. The minimum atomic E-state index is -0.104. The third kappa shape index (κ3) is 3.02. The highest BCUT2D eigenvalue weighted by molar-refractivity contribution is 5.30. The number of morpholine rings is 1. The Morgan fingerprint density at radius 3 is 3.12 bits per heavy atom. The van der Waals surface area contributed by atoms with Crippen LogP contribution in [0.5, 0.6) is 0 Å². The van der Waals surface area contributed by atoms with Crippen LogP contribution in [0.2, 0.25) is 0 Å². The van der Waals surface area contributed by atoms with Crippen LogP contribution >= 0.6 is 0 Å². The van der Waals surface area contributed by atoms with Crippen molar-refractivity contribution < 1.29 is 4.74 Å². The number of aromatic nitrogens is 1. The van der Waals surface area contributed by atoms with Crippen molar-refractivity contribution in [2.24, 2.45) is 0 Å². The molecule has 4 heteroatoms. The summed E-state index contributed by atoms with van der Waals surface area (Å²) in [7, 11) is 0. The Morgan fingerprint density at radius 1 is 1.59 bits per heavy atom. The Balaban J connectivity index is 2.08. The fourth-order valence-corrected chi connectivity index (χ4v) is 2.16. The van der Waals surface area contributed by atoms with Gasteiger partial charge in [0, 0.05) is 31.4 Å². The topological polar surface area (TPSA) is 49.2 Å². The number of hydrogen-bond donors (Lipinski definition) is 0. The standard InChI is InChI=1S/C13H17N3O/c1-13(2)10-16(6-7-17-13)9-11-4-3-5-15-12(11)8-14/h3-5H,6-7,9-10H2,1-2H3. The summed E-state index contributed by atoms with van der Waals surface area (Å²) in [5.74, 6) is 0. The molecule has 0 spiro atoms. The predicted octanol–water partition coefficient (Wildman–Crippen LogP) is 1.56. The van der Waals surface area contributed by atoms with Crippen LogP contribution in [0.4, 0.5) is 0 Å². The van der Waals surface area contributed by atoms with Gasteiger partial charge in [0.2, 0.25) is 0 Å². The van der Waals surface area contributed by atoms with E-state index in [1.807, 2.05) is 12.1 Å². The average molecular weight is 231 g/mol. The quantitative estimate of drug-likeness (QED) is 0.775. The third-order valence-corrected chi connectivity index (χ3v) is 2.90. The van der Waals surface area contributed by atoms with Gasteiger partial charge in [-0.2, -0.15) is 5.26 Å². The number of hydrogen-bond acceptors (Lipinski definition) is 4. The summed E-state index contributed by atoms with van der Waals surface area (Å²) in [5, 5.41) is 8.99. The summed E-state index contributed by atoms with van der Waals surface area (Å²) >= 11 is 0. The Hall–Kier alpha value is -1.44. The van der Waals surface area contributed by atoms with Crippen molar-refractivity contribution in [1.29, 1.82) is 5.26 Å². The molecule has 0 atom stereocenters. The van der Waals surface area contributed by atoms with Crippen LogP contribution in [0.1, 0.15) is 25.1 Å². The fourth-order valence-electron chi connectivity index (χ4n) is 2.16. The molecule has 2 rings (SSSR count). The summed E-state index contributed by atoms with van der Waals surface area (Å²) in [6.07, 6.45) is 1.66. The molecule has 0 aliphatic carbocycles. The van der Waals surface area contributed by atoms with Crippen molar-refractivity contribution in [2.45, 2.75) is 26.0 Å². The summed E-state index contributed by atoms with van der Waals surface area (Å²) in [6, 6.07) is 5.98. The van der Waals surface area contributed by atoms with E-state index < -0.39 is 0 Å². The summed E-state index contributed by atoms with van der Waals surface area (Å²) in [4.78, 5) is 6.39. The molecule has 1 saturated heterocycles. The summed E-state index contributed by atoms with van der Waals surface area (Å²) in [6.45, 7) is 7.48. The minimum Gasteiger partial charge on any atom is -0.373 e. The predicted molar refractivity (Wildman–Crippen MR) is 64.3 cm³/mol. The van der Waals surface area contributed by atoms with Gasteiger partial charge < -0.3 is 4.74 Å². The van der Waals surface area contributed by atoms with Crippen LogP contribution in [0.25, 0.3) is 0 Å². The second-order valence-corrected chi connectivity index (χ2v) is 4.94. The molecule has 17 heavy (non-hydrogen) atoms. The first-order valence-electron chi connectivity index (χ1n) is 5.81. The van der Waals surface area contributed by atoms with Crippen molar-refractivity contribution in [3.8, 4) is 6.07 Å². The molecule has 0 unspecified atom stereocenters. The van der Waals surface area contributed by atoms with E-state index >= 15 is 0 Å². The summed E-state index contributed by atoms with van der Waals surface area (Å²) < 4.78 is 5.67. The first-order chi connectivity index (χ1) is 8.11. The van der Waals surface area contributed by atoms with Gasteiger partial charge in [0.25, 0.3) is 0 Å².